The van der Waals surface area contributed by atoms with E-state index in [9.17, 15) is 0 Å². The number of thioether (sulfide) groups is 1. The lowest BCUT2D eigenvalue weighted by Crippen LogP contribution is -1.82. The molecule has 4 nitrogen and oxygen atoms in total. The highest BCUT2D eigenvalue weighted by molar-refractivity contribution is 7.98. The summed E-state index contributed by atoms with van der Waals surface area (Å²) < 4.78 is 0. The Hall–Kier alpha value is -2.01. The molecular weight excluding hydrogens is 244 g/mol. The van der Waals surface area contributed by atoms with Crippen LogP contribution in [-0.2, 0) is 5.75 Å². The molecule has 3 aromatic rings. The molecule has 0 aliphatic rings. The van der Waals surface area contributed by atoms with Crippen LogP contribution in [0.5, 0.6) is 0 Å². The van der Waals surface area contributed by atoms with Gasteiger partial charge in [-0.15, -0.1) is 0 Å². The van der Waals surface area contributed by atoms with Crippen LogP contribution in [-0.4, -0.2) is 15.0 Å². The minimum Gasteiger partial charge on any atom is -0.399 e. The van der Waals surface area contributed by atoms with E-state index in [-0.39, 0.29) is 0 Å². The number of pyridine rings is 1. The van der Waals surface area contributed by atoms with Crippen LogP contribution in [0.2, 0.25) is 0 Å². The summed E-state index contributed by atoms with van der Waals surface area (Å²) in [5.41, 5.74) is 9.58. The van der Waals surface area contributed by atoms with Crippen molar-refractivity contribution in [3.8, 4) is 0 Å². The van der Waals surface area contributed by atoms with Crippen LogP contribution in [0.4, 0.5) is 5.69 Å². The number of hydrogen-bond donors (Lipinski definition) is 2. The van der Waals surface area contributed by atoms with Gasteiger partial charge in [-0.05, 0) is 29.8 Å². The first kappa shape index (κ1) is 11.1. The third kappa shape index (κ3) is 2.31. The van der Waals surface area contributed by atoms with Gasteiger partial charge in [0.25, 0.3) is 0 Å². The molecule has 5 heteroatoms. The SMILES string of the molecule is Nc1ccc2nc(SCc3cccnc3)[nH]c2c1. The predicted molar refractivity (Wildman–Crippen MR) is 74.3 cm³/mol. The van der Waals surface area contributed by atoms with Crippen molar-refractivity contribution < 1.29 is 0 Å². The molecule has 18 heavy (non-hydrogen) atoms. The highest BCUT2D eigenvalue weighted by atomic mass is 32.2. The predicted octanol–water partition coefficient (Wildman–Crippen LogP) is 2.83. The van der Waals surface area contributed by atoms with Crippen molar-refractivity contribution in [1.82, 2.24) is 15.0 Å². The Morgan fingerprint density at radius 3 is 3.06 bits per heavy atom. The standard InChI is InChI=1S/C13H12N4S/c14-10-3-4-11-12(6-10)17-13(16-11)18-8-9-2-1-5-15-7-9/h1-7H,8,14H2,(H,16,17). The molecule has 1 aromatic carbocycles. The number of hydrogen-bond acceptors (Lipinski definition) is 4. The van der Waals surface area contributed by atoms with Gasteiger partial charge >= 0.3 is 0 Å². The molecular formula is C13H12N4S. The first-order valence-electron chi connectivity index (χ1n) is 5.58. The molecule has 0 saturated heterocycles. The van der Waals surface area contributed by atoms with Crippen LogP contribution in [0.3, 0.4) is 0 Å². The van der Waals surface area contributed by atoms with Gasteiger partial charge in [0.2, 0.25) is 0 Å². The van der Waals surface area contributed by atoms with Gasteiger partial charge in [-0.1, -0.05) is 17.8 Å². The molecule has 0 spiro atoms. The van der Waals surface area contributed by atoms with E-state index in [2.05, 4.69) is 21.0 Å². The number of aromatic amines is 1. The van der Waals surface area contributed by atoms with E-state index in [1.54, 1.807) is 18.0 Å². The van der Waals surface area contributed by atoms with Gasteiger partial charge in [0, 0.05) is 23.8 Å². The Morgan fingerprint density at radius 2 is 2.22 bits per heavy atom. The molecule has 0 unspecified atom stereocenters. The van der Waals surface area contributed by atoms with Gasteiger partial charge in [0.05, 0.1) is 11.0 Å². The number of nitrogen functional groups attached to an aromatic ring is 1. The maximum atomic E-state index is 5.74. The largest absolute Gasteiger partial charge is 0.399 e. The smallest absolute Gasteiger partial charge is 0.166 e. The third-order valence-corrected chi connectivity index (χ3v) is 3.53. The van der Waals surface area contributed by atoms with Gasteiger partial charge in [-0.2, -0.15) is 0 Å². The molecule has 3 rings (SSSR count). The fourth-order valence-corrected chi connectivity index (χ4v) is 2.53. The molecule has 0 radical (unpaired) electrons. The zero-order chi connectivity index (χ0) is 12.4. The second-order valence-electron chi connectivity index (χ2n) is 3.97. The minimum absolute atomic E-state index is 0.745. The second kappa shape index (κ2) is 4.70. The lowest BCUT2D eigenvalue weighted by Gasteiger charge is -1.96. The zero-order valence-electron chi connectivity index (χ0n) is 9.63. The molecule has 0 saturated carbocycles. The Bertz CT molecular complexity index is 663. The molecule has 0 amide bonds. The quantitative estimate of drug-likeness (QED) is 0.558. The van der Waals surface area contributed by atoms with Gasteiger partial charge in [0.15, 0.2) is 5.16 Å². The topological polar surface area (TPSA) is 67.6 Å². The van der Waals surface area contributed by atoms with E-state index in [0.717, 1.165) is 27.6 Å². The number of nitrogens with one attached hydrogen (secondary N) is 1. The lowest BCUT2D eigenvalue weighted by molar-refractivity contribution is 1.08. The molecule has 0 aliphatic carbocycles. The maximum Gasteiger partial charge on any atom is 0.166 e. The molecule has 0 atom stereocenters. The number of nitrogens with two attached hydrogens (primary N) is 1. The van der Waals surface area contributed by atoms with E-state index >= 15 is 0 Å². The molecule has 90 valence electrons. The van der Waals surface area contributed by atoms with Crippen LogP contribution in [0.15, 0.2) is 47.9 Å². The Morgan fingerprint density at radius 1 is 1.28 bits per heavy atom. The summed E-state index contributed by atoms with van der Waals surface area (Å²) in [6, 6.07) is 9.68. The number of fused-ring (bicyclic) bond motifs is 1. The number of imidazole rings is 1. The Balaban J connectivity index is 1.79. The number of anilines is 1. The van der Waals surface area contributed by atoms with Gasteiger partial charge in [0.1, 0.15) is 0 Å². The highest BCUT2D eigenvalue weighted by Crippen LogP contribution is 2.23. The Labute approximate surface area is 109 Å². The van der Waals surface area contributed by atoms with Gasteiger partial charge in [-0.25, -0.2) is 4.98 Å². The average molecular weight is 256 g/mol. The molecule has 0 aliphatic heterocycles. The van der Waals surface area contributed by atoms with Crippen LogP contribution in [0, 0.1) is 0 Å². The third-order valence-electron chi connectivity index (χ3n) is 2.58. The molecule has 2 heterocycles. The second-order valence-corrected chi connectivity index (χ2v) is 4.93. The van der Waals surface area contributed by atoms with Crippen molar-refractivity contribution in [2.45, 2.75) is 10.9 Å². The van der Waals surface area contributed by atoms with E-state index in [4.69, 9.17) is 5.73 Å². The Kier molecular flexibility index (Phi) is 2.90. The first-order chi connectivity index (χ1) is 8.81. The number of rotatable bonds is 3. The average Bonchev–Trinajstić information content (AvgIpc) is 2.79. The van der Waals surface area contributed by atoms with Gasteiger partial charge < -0.3 is 10.7 Å². The summed E-state index contributed by atoms with van der Waals surface area (Å²) in [4.78, 5) is 11.8. The molecule has 3 N–H and O–H groups in total. The fourth-order valence-electron chi connectivity index (χ4n) is 1.71. The minimum atomic E-state index is 0.745. The number of benzene rings is 1. The lowest BCUT2D eigenvalue weighted by atomic mass is 10.3. The van der Waals surface area contributed by atoms with Gasteiger partial charge in [-0.3, -0.25) is 4.98 Å². The summed E-state index contributed by atoms with van der Waals surface area (Å²) in [6.07, 6.45) is 3.64. The van der Waals surface area contributed by atoms with E-state index < -0.39 is 0 Å². The summed E-state index contributed by atoms with van der Waals surface area (Å²) >= 11 is 1.66. The highest BCUT2D eigenvalue weighted by Gasteiger charge is 2.04. The molecule has 0 bridgehead atoms. The molecule has 2 aromatic heterocycles. The summed E-state index contributed by atoms with van der Waals surface area (Å²) in [5.74, 6) is 0.850. The normalized spacial score (nSPS) is 10.9. The van der Waals surface area contributed by atoms with Crippen molar-refractivity contribution >= 4 is 28.5 Å². The first-order valence-corrected chi connectivity index (χ1v) is 6.57. The fraction of sp³-hybridized carbons (Fsp3) is 0.0769. The summed E-state index contributed by atoms with van der Waals surface area (Å²) in [5, 5.41) is 0.902. The number of aromatic nitrogens is 3. The van der Waals surface area contributed by atoms with Crippen molar-refractivity contribution in [2.24, 2.45) is 0 Å². The van der Waals surface area contributed by atoms with Crippen LogP contribution in [0.1, 0.15) is 5.56 Å². The zero-order valence-corrected chi connectivity index (χ0v) is 10.4. The maximum absolute atomic E-state index is 5.74. The van der Waals surface area contributed by atoms with Crippen LogP contribution >= 0.6 is 11.8 Å². The monoisotopic (exact) mass is 256 g/mol. The van der Waals surface area contributed by atoms with Crippen molar-refractivity contribution in [1.29, 1.82) is 0 Å². The number of nitrogens with zero attached hydrogens (tertiary/aromatic N) is 2. The van der Waals surface area contributed by atoms with E-state index in [1.807, 2.05) is 30.5 Å². The van der Waals surface area contributed by atoms with Crippen molar-refractivity contribution in [3.63, 3.8) is 0 Å². The van der Waals surface area contributed by atoms with E-state index in [1.165, 1.54) is 5.56 Å². The number of H-pyrrole nitrogens is 1. The summed E-state index contributed by atoms with van der Waals surface area (Å²) in [7, 11) is 0. The summed E-state index contributed by atoms with van der Waals surface area (Å²) in [6.45, 7) is 0. The molecule has 0 fully saturated rings. The van der Waals surface area contributed by atoms with E-state index in [0.29, 0.717) is 0 Å². The van der Waals surface area contributed by atoms with Crippen LogP contribution in [0.25, 0.3) is 11.0 Å². The van der Waals surface area contributed by atoms with Crippen molar-refractivity contribution in [3.05, 3.63) is 48.3 Å². The van der Waals surface area contributed by atoms with Crippen molar-refractivity contribution in [2.75, 3.05) is 5.73 Å². The van der Waals surface area contributed by atoms with Crippen LogP contribution < -0.4 is 5.73 Å².